The van der Waals surface area contributed by atoms with E-state index in [1.807, 2.05) is 31.2 Å². The van der Waals surface area contributed by atoms with Gasteiger partial charge in [-0.3, -0.25) is 9.59 Å². The molecule has 0 radical (unpaired) electrons. The van der Waals surface area contributed by atoms with Crippen molar-refractivity contribution in [2.45, 2.75) is 13.3 Å². The molecule has 2 rings (SSSR count). The molecular formula is C17H15Cl2NO3. The number of aryl methyl sites for hydroxylation is 1. The van der Waals surface area contributed by atoms with Crippen LogP contribution in [0.2, 0.25) is 10.0 Å². The Morgan fingerprint density at radius 3 is 2.35 bits per heavy atom. The van der Waals surface area contributed by atoms with E-state index in [9.17, 15) is 9.59 Å². The van der Waals surface area contributed by atoms with Crippen LogP contribution in [0.1, 0.15) is 11.1 Å². The number of halogens is 2. The van der Waals surface area contributed by atoms with Crippen molar-refractivity contribution in [2.75, 3.05) is 11.9 Å². The lowest BCUT2D eigenvalue weighted by Gasteiger charge is -2.10. The number of anilines is 1. The Kier molecular flexibility index (Phi) is 6.02. The van der Waals surface area contributed by atoms with Gasteiger partial charge in [-0.2, -0.15) is 0 Å². The van der Waals surface area contributed by atoms with E-state index >= 15 is 0 Å². The van der Waals surface area contributed by atoms with Crippen LogP contribution in [0.3, 0.4) is 0 Å². The number of hydrogen-bond acceptors (Lipinski definition) is 3. The highest BCUT2D eigenvalue weighted by atomic mass is 35.5. The molecular weight excluding hydrogens is 337 g/mol. The fourth-order valence-electron chi connectivity index (χ4n) is 1.95. The molecule has 2 aromatic carbocycles. The lowest BCUT2D eigenvalue weighted by Crippen LogP contribution is -2.22. The number of para-hydroxylation sites is 1. The van der Waals surface area contributed by atoms with Crippen LogP contribution in [0.5, 0.6) is 0 Å². The average molecular weight is 352 g/mol. The SMILES string of the molecule is Cc1ccccc1CC(=O)OCC(=O)Nc1c(Cl)cccc1Cl. The predicted molar refractivity (Wildman–Crippen MR) is 90.9 cm³/mol. The van der Waals surface area contributed by atoms with Gasteiger partial charge in [0.2, 0.25) is 0 Å². The summed E-state index contributed by atoms with van der Waals surface area (Å²) in [7, 11) is 0. The van der Waals surface area contributed by atoms with E-state index in [1.54, 1.807) is 18.2 Å². The quantitative estimate of drug-likeness (QED) is 0.827. The van der Waals surface area contributed by atoms with E-state index in [4.69, 9.17) is 27.9 Å². The van der Waals surface area contributed by atoms with Crippen molar-refractivity contribution in [3.05, 3.63) is 63.6 Å². The monoisotopic (exact) mass is 351 g/mol. The molecule has 23 heavy (non-hydrogen) atoms. The Labute approximate surface area is 144 Å². The smallest absolute Gasteiger partial charge is 0.310 e. The van der Waals surface area contributed by atoms with Crippen LogP contribution in [0.25, 0.3) is 0 Å². The van der Waals surface area contributed by atoms with Crippen molar-refractivity contribution >= 4 is 40.8 Å². The zero-order valence-electron chi connectivity index (χ0n) is 12.4. The van der Waals surface area contributed by atoms with E-state index < -0.39 is 18.5 Å². The summed E-state index contributed by atoms with van der Waals surface area (Å²) >= 11 is 11.9. The molecule has 0 unspecified atom stereocenters. The molecule has 2 aromatic rings. The summed E-state index contributed by atoms with van der Waals surface area (Å²) in [5.41, 5.74) is 2.17. The first kappa shape index (κ1) is 17.3. The third kappa shape index (κ3) is 4.98. The normalized spacial score (nSPS) is 10.2. The molecule has 0 fully saturated rings. The van der Waals surface area contributed by atoms with Crippen molar-refractivity contribution in [2.24, 2.45) is 0 Å². The van der Waals surface area contributed by atoms with E-state index in [1.165, 1.54) is 0 Å². The van der Waals surface area contributed by atoms with Gasteiger partial charge in [0.1, 0.15) is 0 Å². The van der Waals surface area contributed by atoms with Crippen LogP contribution < -0.4 is 5.32 Å². The summed E-state index contributed by atoms with van der Waals surface area (Å²) in [6.07, 6.45) is 0.118. The summed E-state index contributed by atoms with van der Waals surface area (Å²) in [6, 6.07) is 12.4. The minimum atomic E-state index is -0.502. The van der Waals surface area contributed by atoms with E-state index in [2.05, 4.69) is 5.32 Å². The fraction of sp³-hybridized carbons (Fsp3) is 0.176. The number of benzene rings is 2. The highest BCUT2D eigenvalue weighted by molar-refractivity contribution is 6.39. The number of esters is 1. The van der Waals surface area contributed by atoms with Gasteiger partial charge in [0, 0.05) is 0 Å². The highest BCUT2D eigenvalue weighted by Gasteiger charge is 2.12. The Morgan fingerprint density at radius 1 is 1.04 bits per heavy atom. The first-order valence-electron chi connectivity index (χ1n) is 6.91. The van der Waals surface area contributed by atoms with Gasteiger partial charge in [-0.15, -0.1) is 0 Å². The second-order valence-electron chi connectivity index (χ2n) is 4.91. The maximum absolute atomic E-state index is 11.8. The molecule has 0 bridgehead atoms. The molecule has 120 valence electrons. The van der Waals surface area contributed by atoms with Gasteiger partial charge >= 0.3 is 5.97 Å². The van der Waals surface area contributed by atoms with Gasteiger partial charge in [-0.1, -0.05) is 53.5 Å². The van der Waals surface area contributed by atoms with Crippen molar-refractivity contribution in [1.82, 2.24) is 0 Å². The summed E-state index contributed by atoms with van der Waals surface area (Å²) in [5, 5.41) is 3.16. The second kappa shape index (κ2) is 7.99. The third-order valence-electron chi connectivity index (χ3n) is 3.19. The number of carbonyl (C=O) groups excluding carboxylic acids is 2. The average Bonchev–Trinajstić information content (AvgIpc) is 2.51. The first-order chi connectivity index (χ1) is 11.0. The Morgan fingerprint density at radius 2 is 1.70 bits per heavy atom. The molecule has 4 nitrogen and oxygen atoms in total. The molecule has 0 saturated carbocycles. The molecule has 0 saturated heterocycles. The Balaban J connectivity index is 1.87. The number of ether oxygens (including phenoxy) is 1. The van der Waals surface area contributed by atoms with E-state index in [0.717, 1.165) is 11.1 Å². The number of rotatable bonds is 5. The summed E-state index contributed by atoms with van der Waals surface area (Å²) < 4.78 is 4.98. The van der Waals surface area contributed by atoms with Crippen LogP contribution in [-0.4, -0.2) is 18.5 Å². The Hall–Kier alpha value is -2.04. The molecule has 0 atom stereocenters. The van der Waals surface area contributed by atoms with Crippen LogP contribution >= 0.6 is 23.2 Å². The minimum absolute atomic E-state index is 0.118. The molecule has 0 aliphatic rings. The molecule has 6 heteroatoms. The topological polar surface area (TPSA) is 55.4 Å². The maximum Gasteiger partial charge on any atom is 0.310 e. The first-order valence-corrected chi connectivity index (χ1v) is 7.67. The number of hydrogen-bond donors (Lipinski definition) is 1. The number of amides is 1. The largest absolute Gasteiger partial charge is 0.455 e. The van der Waals surface area contributed by atoms with Crippen LogP contribution in [0.4, 0.5) is 5.69 Å². The minimum Gasteiger partial charge on any atom is -0.455 e. The van der Waals surface area contributed by atoms with Crippen molar-refractivity contribution in [1.29, 1.82) is 0 Å². The van der Waals surface area contributed by atoms with Gasteiger partial charge in [-0.05, 0) is 30.2 Å². The molecule has 0 aromatic heterocycles. The zero-order valence-corrected chi connectivity index (χ0v) is 13.9. The molecule has 0 spiro atoms. The fourth-order valence-corrected chi connectivity index (χ4v) is 2.45. The summed E-state index contributed by atoms with van der Waals surface area (Å²) in [4.78, 5) is 23.6. The van der Waals surface area contributed by atoms with Gasteiger partial charge < -0.3 is 10.1 Å². The molecule has 0 aliphatic carbocycles. The van der Waals surface area contributed by atoms with Crippen LogP contribution in [-0.2, 0) is 20.7 Å². The second-order valence-corrected chi connectivity index (χ2v) is 5.72. The van der Waals surface area contributed by atoms with Crippen LogP contribution in [0, 0.1) is 6.92 Å². The van der Waals surface area contributed by atoms with Gasteiger partial charge in [0.25, 0.3) is 5.91 Å². The lowest BCUT2D eigenvalue weighted by atomic mass is 10.1. The Bertz CT molecular complexity index is 711. The summed E-state index contributed by atoms with van der Waals surface area (Å²) in [6.45, 7) is 1.51. The molecule has 1 amide bonds. The van der Waals surface area contributed by atoms with E-state index in [0.29, 0.717) is 15.7 Å². The van der Waals surface area contributed by atoms with Gasteiger partial charge in [0.05, 0.1) is 22.2 Å². The van der Waals surface area contributed by atoms with Crippen molar-refractivity contribution in [3.8, 4) is 0 Å². The predicted octanol–water partition coefficient (Wildman–Crippen LogP) is 4.03. The standard InChI is InChI=1S/C17H15Cl2NO3/c1-11-5-2-3-6-12(11)9-16(22)23-10-15(21)20-17-13(18)7-4-8-14(17)19/h2-8H,9-10H2,1H3,(H,20,21). The van der Waals surface area contributed by atoms with Gasteiger partial charge in [-0.25, -0.2) is 0 Å². The molecule has 0 aliphatic heterocycles. The molecule has 1 N–H and O–H groups in total. The zero-order chi connectivity index (χ0) is 16.8. The highest BCUT2D eigenvalue weighted by Crippen LogP contribution is 2.29. The van der Waals surface area contributed by atoms with Crippen LogP contribution in [0.15, 0.2) is 42.5 Å². The van der Waals surface area contributed by atoms with Gasteiger partial charge in [0.15, 0.2) is 6.61 Å². The van der Waals surface area contributed by atoms with Crippen molar-refractivity contribution in [3.63, 3.8) is 0 Å². The molecule has 0 heterocycles. The number of carbonyl (C=O) groups is 2. The van der Waals surface area contributed by atoms with E-state index in [-0.39, 0.29) is 6.42 Å². The lowest BCUT2D eigenvalue weighted by molar-refractivity contribution is -0.146. The summed E-state index contributed by atoms with van der Waals surface area (Å²) in [5.74, 6) is -0.974. The maximum atomic E-state index is 11.8. The van der Waals surface area contributed by atoms with Crippen molar-refractivity contribution < 1.29 is 14.3 Å². The third-order valence-corrected chi connectivity index (χ3v) is 3.82. The number of nitrogens with one attached hydrogen (secondary N) is 1.